The van der Waals surface area contributed by atoms with E-state index in [9.17, 15) is 10.1 Å². The molecule has 1 N–H and O–H groups in total. The first-order chi connectivity index (χ1) is 13.0. The van der Waals surface area contributed by atoms with Crippen molar-refractivity contribution < 1.29 is 9.53 Å². The van der Waals surface area contributed by atoms with Crippen molar-refractivity contribution in [2.24, 2.45) is 0 Å². The number of thioether (sulfide) groups is 1. The van der Waals surface area contributed by atoms with Crippen molar-refractivity contribution in [3.8, 4) is 6.07 Å². The largest absolute Gasteiger partial charge is 0.458 e. The second-order valence-corrected chi connectivity index (χ2v) is 7.57. The molecule has 0 saturated carbocycles. The maximum Gasteiger partial charge on any atom is 0.337 e. The molecule has 0 saturated heterocycles. The van der Waals surface area contributed by atoms with E-state index in [4.69, 9.17) is 16.3 Å². The van der Waals surface area contributed by atoms with E-state index in [0.29, 0.717) is 21.9 Å². The van der Waals surface area contributed by atoms with Crippen LogP contribution in [0.3, 0.4) is 0 Å². The second-order valence-electron chi connectivity index (χ2n) is 6.06. The summed E-state index contributed by atoms with van der Waals surface area (Å²) in [6.45, 7) is 7.63. The maximum absolute atomic E-state index is 12.7. The molecule has 0 radical (unpaired) electrons. The van der Waals surface area contributed by atoms with Crippen molar-refractivity contribution in [2.45, 2.75) is 32.6 Å². The SMILES string of the molecule is C=CCOC(=O)C1=C(C)NC(SCCCC)=C(C#N)[C@@H]1c1ccccc1Cl. The van der Waals surface area contributed by atoms with Gasteiger partial charge in [0.15, 0.2) is 0 Å². The van der Waals surface area contributed by atoms with Gasteiger partial charge in [-0.05, 0) is 30.7 Å². The summed E-state index contributed by atoms with van der Waals surface area (Å²) >= 11 is 8.02. The molecule has 142 valence electrons. The highest BCUT2D eigenvalue weighted by atomic mass is 35.5. The summed E-state index contributed by atoms with van der Waals surface area (Å²) in [6, 6.07) is 9.58. The summed E-state index contributed by atoms with van der Waals surface area (Å²) in [5.41, 5.74) is 2.28. The molecular weight excluding hydrogens is 380 g/mol. The van der Waals surface area contributed by atoms with Crippen LogP contribution in [0.4, 0.5) is 0 Å². The van der Waals surface area contributed by atoms with Crippen molar-refractivity contribution in [2.75, 3.05) is 12.4 Å². The number of nitriles is 1. The summed E-state index contributed by atoms with van der Waals surface area (Å²) in [6.07, 6.45) is 3.63. The van der Waals surface area contributed by atoms with Crippen LogP contribution in [0, 0.1) is 11.3 Å². The molecule has 1 aromatic rings. The lowest BCUT2D eigenvalue weighted by Gasteiger charge is -2.29. The zero-order valence-electron chi connectivity index (χ0n) is 15.5. The van der Waals surface area contributed by atoms with Crippen LogP contribution in [0.5, 0.6) is 0 Å². The minimum Gasteiger partial charge on any atom is -0.458 e. The minimum atomic E-state index is -0.564. The zero-order valence-corrected chi connectivity index (χ0v) is 17.1. The fourth-order valence-electron chi connectivity index (χ4n) is 2.85. The molecule has 0 spiro atoms. The average molecular weight is 403 g/mol. The highest BCUT2D eigenvalue weighted by molar-refractivity contribution is 8.03. The monoisotopic (exact) mass is 402 g/mol. The standard InChI is InChI=1S/C21H23ClN2O2S/c1-4-6-12-27-20-16(13-23)19(15-9-7-8-10-17(15)22)18(14(3)24-20)21(25)26-11-5-2/h5,7-10,19,24H,2,4,6,11-12H2,1,3H3/t19-/m0/s1. The van der Waals surface area contributed by atoms with E-state index in [2.05, 4.69) is 24.9 Å². The van der Waals surface area contributed by atoms with Gasteiger partial charge in [0.2, 0.25) is 0 Å². The molecule has 1 heterocycles. The molecule has 0 fully saturated rings. The topological polar surface area (TPSA) is 62.1 Å². The number of rotatable bonds is 8. The lowest BCUT2D eigenvalue weighted by Crippen LogP contribution is -2.29. The van der Waals surface area contributed by atoms with Crippen LogP contribution in [-0.4, -0.2) is 18.3 Å². The second kappa shape index (κ2) is 10.2. The summed E-state index contributed by atoms with van der Waals surface area (Å²) in [4.78, 5) is 12.7. The van der Waals surface area contributed by atoms with Gasteiger partial charge in [0.1, 0.15) is 6.61 Å². The Labute approximate surface area is 169 Å². The number of carbonyl (C=O) groups excluding carboxylic acids is 1. The van der Waals surface area contributed by atoms with Gasteiger partial charge in [0, 0.05) is 10.7 Å². The van der Waals surface area contributed by atoms with Crippen molar-refractivity contribution in [1.82, 2.24) is 5.32 Å². The predicted molar refractivity (Wildman–Crippen MR) is 111 cm³/mol. The van der Waals surface area contributed by atoms with Crippen molar-refractivity contribution >= 4 is 29.3 Å². The zero-order chi connectivity index (χ0) is 19.8. The Balaban J connectivity index is 2.55. The Morgan fingerprint density at radius 3 is 2.85 bits per heavy atom. The lowest BCUT2D eigenvalue weighted by molar-refractivity contribution is -0.138. The molecule has 2 rings (SSSR count). The third-order valence-corrected chi connectivity index (χ3v) is 5.61. The quantitative estimate of drug-likeness (QED) is 0.363. The van der Waals surface area contributed by atoms with E-state index in [0.717, 1.165) is 29.2 Å². The van der Waals surface area contributed by atoms with E-state index in [1.54, 1.807) is 17.8 Å². The normalized spacial score (nSPS) is 16.6. The van der Waals surface area contributed by atoms with Crippen molar-refractivity contribution in [1.29, 1.82) is 5.26 Å². The summed E-state index contributed by atoms with van der Waals surface area (Å²) in [7, 11) is 0. The molecule has 1 aliphatic heterocycles. The number of ether oxygens (including phenoxy) is 1. The molecule has 6 heteroatoms. The number of hydrogen-bond donors (Lipinski definition) is 1. The number of halogens is 1. The number of esters is 1. The van der Waals surface area contributed by atoms with Crippen LogP contribution in [0.15, 0.2) is 58.8 Å². The van der Waals surface area contributed by atoms with Crippen LogP contribution < -0.4 is 5.32 Å². The number of benzene rings is 1. The fourth-order valence-corrected chi connectivity index (χ4v) is 4.27. The van der Waals surface area contributed by atoms with Gasteiger partial charge in [-0.3, -0.25) is 0 Å². The Hall–Kier alpha value is -2.16. The first-order valence-electron chi connectivity index (χ1n) is 8.82. The maximum atomic E-state index is 12.7. The number of carbonyl (C=O) groups is 1. The molecule has 0 unspecified atom stereocenters. The lowest BCUT2D eigenvalue weighted by atomic mass is 9.82. The van der Waals surface area contributed by atoms with Gasteiger partial charge in [-0.2, -0.15) is 5.26 Å². The van der Waals surface area contributed by atoms with E-state index < -0.39 is 11.9 Å². The molecule has 0 amide bonds. The number of unbranched alkanes of at least 4 members (excludes halogenated alkanes) is 1. The first kappa shape index (κ1) is 21.1. The van der Waals surface area contributed by atoms with E-state index in [1.807, 2.05) is 25.1 Å². The highest BCUT2D eigenvalue weighted by Gasteiger charge is 2.36. The first-order valence-corrected chi connectivity index (χ1v) is 10.2. The fraction of sp³-hybridized carbons (Fsp3) is 0.333. The summed E-state index contributed by atoms with van der Waals surface area (Å²) in [5.74, 6) is -0.149. The number of dihydropyridines is 1. The number of nitrogens with one attached hydrogen (secondary N) is 1. The van der Waals surface area contributed by atoms with Crippen LogP contribution in [0.1, 0.15) is 38.2 Å². The Kier molecular flexibility index (Phi) is 8.02. The highest BCUT2D eigenvalue weighted by Crippen LogP contribution is 2.43. The van der Waals surface area contributed by atoms with Crippen molar-refractivity contribution in [3.05, 3.63) is 69.4 Å². The van der Waals surface area contributed by atoms with Gasteiger partial charge >= 0.3 is 5.97 Å². The summed E-state index contributed by atoms with van der Waals surface area (Å²) in [5, 5.41) is 14.4. The Morgan fingerprint density at radius 2 is 2.22 bits per heavy atom. The molecule has 0 aromatic heterocycles. The Bertz CT molecular complexity index is 824. The molecule has 1 aliphatic rings. The molecule has 0 aliphatic carbocycles. The van der Waals surface area contributed by atoms with Crippen LogP contribution in [0.25, 0.3) is 0 Å². The van der Waals surface area contributed by atoms with Crippen LogP contribution in [0.2, 0.25) is 5.02 Å². The van der Waals surface area contributed by atoms with E-state index >= 15 is 0 Å². The minimum absolute atomic E-state index is 0.106. The molecule has 1 atom stereocenters. The van der Waals surface area contributed by atoms with Crippen molar-refractivity contribution in [3.63, 3.8) is 0 Å². The summed E-state index contributed by atoms with van der Waals surface area (Å²) < 4.78 is 5.28. The molecule has 4 nitrogen and oxygen atoms in total. The Morgan fingerprint density at radius 1 is 1.48 bits per heavy atom. The van der Waals surface area contributed by atoms with E-state index in [-0.39, 0.29) is 6.61 Å². The molecule has 0 bridgehead atoms. The van der Waals surface area contributed by atoms with Crippen LogP contribution >= 0.6 is 23.4 Å². The number of hydrogen-bond acceptors (Lipinski definition) is 5. The van der Waals surface area contributed by atoms with Crippen LogP contribution in [-0.2, 0) is 9.53 Å². The smallest absolute Gasteiger partial charge is 0.337 e. The molecular formula is C21H23ClN2O2S. The van der Waals surface area contributed by atoms with Gasteiger partial charge in [0.25, 0.3) is 0 Å². The van der Waals surface area contributed by atoms with E-state index in [1.165, 1.54) is 6.08 Å². The van der Waals surface area contributed by atoms with Gasteiger partial charge in [-0.1, -0.05) is 55.8 Å². The number of nitrogens with zero attached hydrogens (tertiary/aromatic N) is 1. The van der Waals surface area contributed by atoms with Gasteiger partial charge in [0.05, 0.1) is 28.2 Å². The third-order valence-electron chi connectivity index (χ3n) is 4.16. The number of allylic oxidation sites excluding steroid dienone is 2. The third kappa shape index (κ3) is 4.97. The van der Waals surface area contributed by atoms with Gasteiger partial charge in [-0.15, -0.1) is 11.8 Å². The average Bonchev–Trinajstić information content (AvgIpc) is 2.66. The predicted octanol–water partition coefficient (Wildman–Crippen LogP) is 5.30. The van der Waals surface area contributed by atoms with Gasteiger partial charge < -0.3 is 10.1 Å². The molecule has 27 heavy (non-hydrogen) atoms. The van der Waals surface area contributed by atoms with Gasteiger partial charge in [-0.25, -0.2) is 4.79 Å². The molecule has 1 aromatic carbocycles.